The molecule has 10 heteroatoms. The van der Waals surface area contributed by atoms with Gasteiger partial charge >= 0.3 is 0 Å². The molecule has 4 aromatic heterocycles. The Balaban J connectivity index is 1.72. The third kappa shape index (κ3) is 3.53. The maximum atomic E-state index is 12.6. The van der Waals surface area contributed by atoms with Gasteiger partial charge in [-0.3, -0.25) is 14.5 Å². The molecule has 0 radical (unpaired) electrons. The minimum absolute atomic E-state index is 0.0584. The molecule has 1 aromatic carbocycles. The molecule has 0 saturated carbocycles. The van der Waals surface area contributed by atoms with E-state index >= 15 is 0 Å². The summed E-state index contributed by atoms with van der Waals surface area (Å²) in [5.74, 6) is 0.294. The van der Waals surface area contributed by atoms with Crippen LogP contribution in [0.4, 0.5) is 0 Å². The quantitative estimate of drug-likeness (QED) is 0.330. The second-order valence-corrected chi connectivity index (χ2v) is 9.70. The highest BCUT2D eigenvalue weighted by atomic mass is 35.5. The first-order chi connectivity index (χ1) is 17.5. The van der Waals surface area contributed by atoms with Crippen LogP contribution in [0, 0.1) is 12.8 Å². The highest BCUT2D eigenvalue weighted by Gasteiger charge is 2.33. The highest BCUT2D eigenvalue weighted by molar-refractivity contribution is 6.68. The van der Waals surface area contributed by atoms with Crippen molar-refractivity contribution >= 4 is 38.9 Å². The standard InChI is InChI=1S/C26H26ClN7O2/c1-15-22(33(3)31-29-15)18-13-19-20(28-14-18)24-25(21(26(27)35)30-32(24)2)34(19)23(16-7-5-4-6-8-16)17-9-11-36-12-10-17/h4-8,13-14,17,23H,9-12H2,1-3H3. The van der Waals surface area contributed by atoms with Gasteiger partial charge in [0, 0.05) is 39.1 Å². The summed E-state index contributed by atoms with van der Waals surface area (Å²) in [6, 6.07) is 12.5. The molecule has 1 aliphatic rings. The van der Waals surface area contributed by atoms with Crippen molar-refractivity contribution in [2.24, 2.45) is 20.0 Å². The van der Waals surface area contributed by atoms with E-state index < -0.39 is 5.24 Å². The Morgan fingerprint density at radius 1 is 1.11 bits per heavy atom. The number of ether oxygens (including phenoxy) is 1. The molecule has 0 bridgehead atoms. The van der Waals surface area contributed by atoms with Crippen molar-refractivity contribution in [2.45, 2.75) is 25.8 Å². The molecule has 184 valence electrons. The van der Waals surface area contributed by atoms with E-state index in [1.54, 1.807) is 9.36 Å². The number of carbonyl (C=O) groups excluding carboxylic acids is 1. The zero-order chi connectivity index (χ0) is 25.0. The molecule has 5 heterocycles. The van der Waals surface area contributed by atoms with Gasteiger partial charge in [0.1, 0.15) is 16.6 Å². The normalized spacial score (nSPS) is 15.7. The van der Waals surface area contributed by atoms with Gasteiger partial charge in [-0.2, -0.15) is 5.10 Å². The first kappa shape index (κ1) is 22.9. The lowest BCUT2D eigenvalue weighted by molar-refractivity contribution is 0.0552. The van der Waals surface area contributed by atoms with Gasteiger partial charge in [0.2, 0.25) is 0 Å². The first-order valence-corrected chi connectivity index (χ1v) is 12.4. The van der Waals surface area contributed by atoms with Crippen molar-refractivity contribution < 1.29 is 9.53 Å². The topological polar surface area (TPSA) is 92.7 Å². The second-order valence-electron chi connectivity index (χ2n) is 9.36. The second kappa shape index (κ2) is 8.83. The zero-order valence-electron chi connectivity index (χ0n) is 20.3. The molecule has 5 aromatic rings. The van der Waals surface area contributed by atoms with Crippen LogP contribution in [-0.2, 0) is 18.8 Å². The molecule has 0 spiro atoms. The maximum Gasteiger partial charge on any atom is 0.274 e. The van der Waals surface area contributed by atoms with Gasteiger partial charge in [-0.1, -0.05) is 35.5 Å². The van der Waals surface area contributed by atoms with Crippen LogP contribution in [-0.4, -0.2) is 52.8 Å². The molecule has 1 fully saturated rings. The Labute approximate surface area is 212 Å². The predicted molar refractivity (Wildman–Crippen MR) is 137 cm³/mol. The third-order valence-electron chi connectivity index (χ3n) is 7.20. The Morgan fingerprint density at radius 2 is 1.86 bits per heavy atom. The lowest BCUT2D eigenvalue weighted by atomic mass is 9.86. The number of nitrogens with zero attached hydrogens (tertiary/aromatic N) is 7. The summed E-state index contributed by atoms with van der Waals surface area (Å²) in [6.07, 6.45) is 3.64. The molecule has 1 atom stereocenters. The van der Waals surface area contributed by atoms with Crippen LogP contribution >= 0.6 is 11.6 Å². The fourth-order valence-electron chi connectivity index (χ4n) is 5.67. The zero-order valence-corrected chi connectivity index (χ0v) is 21.1. The van der Waals surface area contributed by atoms with Crippen LogP contribution in [0.5, 0.6) is 0 Å². The Kier molecular flexibility index (Phi) is 5.61. The van der Waals surface area contributed by atoms with E-state index in [9.17, 15) is 4.79 Å². The van der Waals surface area contributed by atoms with Crippen molar-refractivity contribution in [1.29, 1.82) is 0 Å². The van der Waals surface area contributed by atoms with E-state index in [2.05, 4.69) is 50.3 Å². The van der Waals surface area contributed by atoms with Gasteiger partial charge in [0.05, 0.1) is 22.9 Å². The number of aryl methyl sites for hydroxylation is 3. The fraction of sp³-hybridized carbons (Fsp3) is 0.346. The van der Waals surface area contributed by atoms with Crippen LogP contribution in [0.15, 0.2) is 42.6 Å². The number of halogens is 1. The average Bonchev–Trinajstić information content (AvgIpc) is 3.52. The summed E-state index contributed by atoms with van der Waals surface area (Å²) in [6.45, 7) is 3.34. The maximum absolute atomic E-state index is 12.6. The molecule has 36 heavy (non-hydrogen) atoms. The van der Waals surface area contributed by atoms with Gasteiger partial charge in [-0.05, 0) is 48.9 Å². The van der Waals surface area contributed by atoms with Crippen molar-refractivity contribution in [1.82, 2.24) is 34.3 Å². The fourth-order valence-corrected chi connectivity index (χ4v) is 5.79. The van der Waals surface area contributed by atoms with Crippen LogP contribution < -0.4 is 0 Å². The number of hydrogen-bond donors (Lipinski definition) is 0. The molecule has 0 N–H and O–H groups in total. The Morgan fingerprint density at radius 3 is 2.53 bits per heavy atom. The van der Waals surface area contributed by atoms with Gasteiger partial charge in [0.15, 0.2) is 5.69 Å². The van der Waals surface area contributed by atoms with E-state index in [4.69, 9.17) is 21.3 Å². The number of rotatable bonds is 5. The molecular formula is C26H26ClN7O2. The number of carbonyl (C=O) groups is 1. The Bertz CT molecular complexity index is 1580. The van der Waals surface area contributed by atoms with E-state index in [0.29, 0.717) is 24.6 Å². The van der Waals surface area contributed by atoms with Crippen molar-refractivity contribution in [3.05, 3.63) is 59.5 Å². The molecule has 1 unspecified atom stereocenters. The molecule has 6 rings (SSSR count). The number of fused-ring (bicyclic) bond motifs is 3. The van der Waals surface area contributed by atoms with Gasteiger partial charge in [-0.25, -0.2) is 4.68 Å². The van der Waals surface area contributed by atoms with Gasteiger partial charge in [0.25, 0.3) is 5.24 Å². The largest absolute Gasteiger partial charge is 0.381 e. The van der Waals surface area contributed by atoms with Gasteiger partial charge in [-0.15, -0.1) is 5.10 Å². The molecule has 0 amide bonds. The van der Waals surface area contributed by atoms with E-state index in [1.165, 1.54) is 0 Å². The average molecular weight is 504 g/mol. The molecule has 1 saturated heterocycles. The summed E-state index contributed by atoms with van der Waals surface area (Å²) >= 11 is 6.10. The van der Waals surface area contributed by atoms with E-state index in [-0.39, 0.29) is 11.7 Å². The van der Waals surface area contributed by atoms with Crippen LogP contribution in [0.3, 0.4) is 0 Å². The lowest BCUT2D eigenvalue weighted by Gasteiger charge is -2.33. The molecule has 0 aliphatic carbocycles. The number of benzene rings is 1. The highest BCUT2D eigenvalue weighted by Crippen LogP contribution is 2.42. The van der Waals surface area contributed by atoms with Crippen molar-refractivity contribution in [3.63, 3.8) is 0 Å². The molecule has 1 aliphatic heterocycles. The van der Waals surface area contributed by atoms with Crippen LogP contribution in [0.25, 0.3) is 33.3 Å². The van der Waals surface area contributed by atoms with Gasteiger partial charge < -0.3 is 9.30 Å². The Hall–Kier alpha value is -3.56. The summed E-state index contributed by atoms with van der Waals surface area (Å²) in [5.41, 5.74) is 7.19. The first-order valence-electron chi connectivity index (χ1n) is 12.0. The number of pyridine rings is 1. The number of hydrogen-bond acceptors (Lipinski definition) is 6. The third-order valence-corrected chi connectivity index (χ3v) is 7.38. The minimum Gasteiger partial charge on any atom is -0.381 e. The monoisotopic (exact) mass is 503 g/mol. The van der Waals surface area contributed by atoms with E-state index in [1.807, 2.05) is 33.3 Å². The van der Waals surface area contributed by atoms with Crippen molar-refractivity contribution in [2.75, 3.05) is 13.2 Å². The summed E-state index contributed by atoms with van der Waals surface area (Å²) in [5, 5.41) is 12.3. The lowest BCUT2D eigenvalue weighted by Crippen LogP contribution is -2.27. The summed E-state index contributed by atoms with van der Waals surface area (Å²) in [7, 11) is 3.70. The minimum atomic E-state index is -0.588. The SMILES string of the molecule is Cc1nnn(C)c1-c1cnc2c3c(c(C(=O)Cl)nn3C)n(C(c3ccccc3)C3CCOCC3)c2c1. The van der Waals surface area contributed by atoms with Crippen molar-refractivity contribution in [3.8, 4) is 11.3 Å². The summed E-state index contributed by atoms with van der Waals surface area (Å²) < 4.78 is 11.4. The smallest absolute Gasteiger partial charge is 0.274 e. The molecule has 9 nitrogen and oxygen atoms in total. The summed E-state index contributed by atoms with van der Waals surface area (Å²) in [4.78, 5) is 17.5. The van der Waals surface area contributed by atoms with Crippen LogP contribution in [0.2, 0.25) is 0 Å². The van der Waals surface area contributed by atoms with Crippen LogP contribution in [0.1, 0.15) is 40.6 Å². The molecular weight excluding hydrogens is 478 g/mol. The number of aromatic nitrogens is 7. The predicted octanol–water partition coefficient (Wildman–Crippen LogP) is 4.42. The van der Waals surface area contributed by atoms with E-state index in [0.717, 1.165) is 51.9 Å².